The number of esters is 1. The molecule has 0 fully saturated rings. The molecule has 0 aliphatic heterocycles. The molecule has 0 spiro atoms. The van der Waals surface area contributed by atoms with Crippen LogP contribution in [0.5, 0.6) is 0 Å². The molecule has 0 bridgehead atoms. The van der Waals surface area contributed by atoms with Crippen molar-refractivity contribution >= 4 is 46.2 Å². The zero-order valence-corrected chi connectivity index (χ0v) is 22.6. The molecule has 0 saturated carbocycles. The molecule has 41 heavy (non-hydrogen) atoms. The fourth-order valence-corrected chi connectivity index (χ4v) is 4.43. The van der Waals surface area contributed by atoms with Crippen LogP contribution in [-0.2, 0) is 9.53 Å². The molecule has 8 nitrogen and oxygen atoms in total. The molecular weight excluding hydrogens is 542 g/mol. The third-order valence-electron chi connectivity index (χ3n) is 6.38. The van der Waals surface area contributed by atoms with Crippen LogP contribution in [0, 0.1) is 0 Å². The number of ether oxygens (including phenoxy) is 1. The first-order chi connectivity index (χ1) is 19.8. The van der Waals surface area contributed by atoms with Crippen LogP contribution in [0.25, 0.3) is 33.5 Å². The minimum Gasteiger partial charge on any atom is -0.478 e. The molecule has 1 unspecified atom stereocenters. The predicted octanol–water partition coefficient (Wildman–Crippen LogP) is 6.89. The van der Waals surface area contributed by atoms with Gasteiger partial charge in [-0.2, -0.15) is 0 Å². The predicted molar refractivity (Wildman–Crippen MR) is 157 cm³/mol. The summed E-state index contributed by atoms with van der Waals surface area (Å²) in [4.78, 5) is 47.1. The van der Waals surface area contributed by atoms with Crippen LogP contribution in [0.1, 0.15) is 34.1 Å². The number of benzene rings is 4. The molecule has 0 aliphatic rings. The first-order valence-electron chi connectivity index (χ1n) is 12.8. The Kier molecular flexibility index (Phi) is 8.03. The molecule has 0 radical (unpaired) electrons. The topological polar surface area (TPSA) is 118 Å². The van der Waals surface area contributed by atoms with Gasteiger partial charge in [-0.15, -0.1) is 0 Å². The highest BCUT2D eigenvalue weighted by Gasteiger charge is 2.24. The summed E-state index contributed by atoms with van der Waals surface area (Å²) in [5.74, 6) is -2.51. The summed E-state index contributed by atoms with van der Waals surface area (Å²) >= 11 is 6.13. The Hall–Kier alpha value is -5.08. The highest BCUT2D eigenvalue weighted by Crippen LogP contribution is 2.31. The van der Waals surface area contributed by atoms with Crippen molar-refractivity contribution in [3.63, 3.8) is 0 Å². The van der Waals surface area contributed by atoms with E-state index in [0.717, 1.165) is 11.1 Å². The Bertz CT molecular complexity index is 1760. The van der Waals surface area contributed by atoms with Gasteiger partial charge in [-0.05, 0) is 42.8 Å². The van der Waals surface area contributed by atoms with E-state index in [4.69, 9.17) is 26.3 Å². The van der Waals surface area contributed by atoms with Crippen molar-refractivity contribution in [1.29, 1.82) is 0 Å². The number of carbonyl (C=O) groups excluding carboxylic acids is 2. The van der Waals surface area contributed by atoms with Crippen LogP contribution in [0.15, 0.2) is 97.1 Å². The smallest absolute Gasteiger partial charge is 0.338 e. The largest absolute Gasteiger partial charge is 0.478 e. The van der Waals surface area contributed by atoms with E-state index in [0.29, 0.717) is 22.4 Å². The van der Waals surface area contributed by atoms with Crippen molar-refractivity contribution in [3.05, 3.63) is 113 Å². The van der Waals surface area contributed by atoms with Crippen molar-refractivity contribution in [2.45, 2.75) is 19.4 Å². The lowest BCUT2D eigenvalue weighted by Crippen LogP contribution is -2.32. The average molecular weight is 566 g/mol. The molecule has 4 aromatic carbocycles. The van der Waals surface area contributed by atoms with Gasteiger partial charge >= 0.3 is 11.9 Å². The second-order valence-electron chi connectivity index (χ2n) is 9.15. The summed E-state index contributed by atoms with van der Waals surface area (Å²) in [5.41, 5.74) is 4.53. The first-order valence-corrected chi connectivity index (χ1v) is 13.2. The number of aromatic nitrogens is 2. The van der Waals surface area contributed by atoms with Crippen LogP contribution in [-0.4, -0.2) is 39.0 Å². The number of halogens is 1. The number of nitrogens with zero attached hydrogens (tertiary/aromatic N) is 2. The van der Waals surface area contributed by atoms with Crippen molar-refractivity contribution in [2.75, 3.05) is 5.32 Å². The average Bonchev–Trinajstić information content (AvgIpc) is 3.00. The maximum absolute atomic E-state index is 13.1. The highest BCUT2D eigenvalue weighted by atomic mass is 35.5. The van der Waals surface area contributed by atoms with Crippen LogP contribution in [0.2, 0.25) is 5.02 Å². The van der Waals surface area contributed by atoms with Crippen LogP contribution < -0.4 is 5.32 Å². The summed E-state index contributed by atoms with van der Waals surface area (Å²) in [6.45, 7) is 1.69. The Labute approximate surface area is 240 Å². The Morgan fingerprint density at radius 1 is 0.805 bits per heavy atom. The third-order valence-corrected chi connectivity index (χ3v) is 6.71. The number of hydrogen-bond acceptors (Lipinski definition) is 6. The van der Waals surface area contributed by atoms with E-state index < -0.39 is 23.9 Å². The first kappa shape index (κ1) is 27.5. The second kappa shape index (κ2) is 12.0. The fourth-order valence-electron chi connectivity index (χ4n) is 4.26. The number of anilines is 1. The van der Waals surface area contributed by atoms with Gasteiger partial charge in [-0.25, -0.2) is 19.6 Å². The van der Waals surface area contributed by atoms with Gasteiger partial charge in [0.05, 0.1) is 44.3 Å². The van der Waals surface area contributed by atoms with Gasteiger partial charge in [0.25, 0.3) is 5.91 Å². The van der Waals surface area contributed by atoms with Gasteiger partial charge < -0.3 is 15.2 Å². The van der Waals surface area contributed by atoms with Gasteiger partial charge in [0, 0.05) is 11.1 Å². The van der Waals surface area contributed by atoms with Gasteiger partial charge in [0.1, 0.15) is 0 Å². The molecular formula is C32H24ClN3O5. The molecule has 1 aromatic heterocycles. The summed E-state index contributed by atoms with van der Waals surface area (Å²) in [5, 5.41) is 11.9. The zero-order chi connectivity index (χ0) is 28.9. The molecule has 5 aromatic rings. The summed E-state index contributed by atoms with van der Waals surface area (Å²) in [6.07, 6.45) is -0.964. The number of rotatable bonds is 8. The number of carboxylic acids is 1. The molecule has 204 valence electrons. The molecule has 2 N–H and O–H groups in total. The quantitative estimate of drug-likeness (QED) is 0.197. The number of hydrogen-bond donors (Lipinski definition) is 2. The van der Waals surface area contributed by atoms with E-state index >= 15 is 0 Å². The van der Waals surface area contributed by atoms with Gasteiger partial charge in [0.15, 0.2) is 6.10 Å². The Morgan fingerprint density at radius 3 is 1.98 bits per heavy atom. The minimum absolute atomic E-state index is 0.0442. The summed E-state index contributed by atoms with van der Waals surface area (Å²) in [6, 6.07) is 28.2. The van der Waals surface area contributed by atoms with Crippen molar-refractivity contribution < 1.29 is 24.2 Å². The lowest BCUT2D eigenvalue weighted by atomic mass is 10.0. The number of amides is 1. The van der Waals surface area contributed by atoms with E-state index in [2.05, 4.69) is 5.32 Å². The lowest BCUT2D eigenvalue weighted by molar-refractivity contribution is -0.124. The van der Waals surface area contributed by atoms with Gasteiger partial charge in [-0.3, -0.25) is 4.79 Å². The monoisotopic (exact) mass is 565 g/mol. The molecule has 0 aliphatic carbocycles. The van der Waals surface area contributed by atoms with E-state index in [1.807, 2.05) is 60.7 Å². The SMILES string of the molecule is CCC(OC(=O)c1ccc2nc(-c3ccccc3)c(-c3ccccc3)nc2c1)C(=O)Nc1cc(C(=O)O)ccc1Cl. The van der Waals surface area contributed by atoms with E-state index in [-0.39, 0.29) is 28.3 Å². The van der Waals surface area contributed by atoms with Crippen LogP contribution in [0.4, 0.5) is 5.69 Å². The zero-order valence-electron chi connectivity index (χ0n) is 21.9. The number of aromatic carboxylic acids is 1. The fraction of sp³-hybridized carbons (Fsp3) is 0.0938. The molecule has 1 heterocycles. The van der Waals surface area contributed by atoms with E-state index in [1.54, 1.807) is 25.1 Å². The number of carbonyl (C=O) groups is 3. The maximum atomic E-state index is 13.1. The maximum Gasteiger partial charge on any atom is 0.338 e. The third kappa shape index (κ3) is 6.08. The molecule has 5 rings (SSSR count). The Morgan fingerprint density at radius 2 is 1.39 bits per heavy atom. The van der Waals surface area contributed by atoms with Crippen LogP contribution in [0.3, 0.4) is 0 Å². The number of nitrogens with one attached hydrogen (secondary N) is 1. The second-order valence-corrected chi connectivity index (χ2v) is 9.55. The molecule has 1 atom stereocenters. The molecule has 0 saturated heterocycles. The van der Waals surface area contributed by atoms with Crippen LogP contribution >= 0.6 is 11.6 Å². The lowest BCUT2D eigenvalue weighted by Gasteiger charge is -2.17. The van der Waals surface area contributed by atoms with Gasteiger partial charge in [-0.1, -0.05) is 79.2 Å². The molecule has 9 heteroatoms. The number of fused-ring (bicyclic) bond motifs is 1. The number of carboxylic acid groups (broad SMARTS) is 1. The standard InChI is InChI=1S/C32H24ClN3O5/c1-2-27(30(37)36-25-17-21(31(38)39)13-15-23(25)33)41-32(40)22-14-16-24-26(18-22)35-29(20-11-7-4-8-12-20)28(34-24)19-9-5-3-6-10-19/h3-18,27H,2H2,1H3,(H,36,37)(H,38,39). The van der Waals surface area contributed by atoms with Gasteiger partial charge in [0.2, 0.25) is 0 Å². The van der Waals surface area contributed by atoms with E-state index in [9.17, 15) is 19.5 Å². The highest BCUT2D eigenvalue weighted by molar-refractivity contribution is 6.34. The normalized spacial score (nSPS) is 11.6. The summed E-state index contributed by atoms with van der Waals surface area (Å²) < 4.78 is 5.54. The summed E-state index contributed by atoms with van der Waals surface area (Å²) in [7, 11) is 0. The van der Waals surface area contributed by atoms with E-state index in [1.165, 1.54) is 18.2 Å². The molecule has 1 amide bonds. The van der Waals surface area contributed by atoms with Crippen molar-refractivity contribution in [1.82, 2.24) is 9.97 Å². The van der Waals surface area contributed by atoms with Crippen molar-refractivity contribution in [3.8, 4) is 22.5 Å². The Balaban J connectivity index is 1.43. The minimum atomic E-state index is -1.17. The van der Waals surface area contributed by atoms with Crippen molar-refractivity contribution in [2.24, 2.45) is 0 Å².